The standard InChI is InChI=1S/C13H17N3O3/c1-2-3-6-9-19-13(16-12(17)18)14-10-7-4-5-8-11(10)15-13/h4-5,7-8,16H,2-3,6,9H2,1H3,(H,17,18). The molecule has 0 aliphatic carbocycles. The number of hydrogen-bond acceptors (Lipinski definition) is 4. The summed E-state index contributed by atoms with van der Waals surface area (Å²) in [5, 5.41) is 12.4. The van der Waals surface area contributed by atoms with Crippen LogP contribution < -0.4 is 16.0 Å². The Labute approximate surface area is 110 Å². The van der Waals surface area contributed by atoms with Crippen molar-refractivity contribution in [1.29, 1.82) is 0 Å². The van der Waals surface area contributed by atoms with E-state index >= 15 is 0 Å². The minimum Gasteiger partial charge on any atom is -0.465 e. The topological polar surface area (TPSA) is 83.3 Å². The van der Waals surface area contributed by atoms with E-state index in [2.05, 4.69) is 22.2 Å². The van der Waals surface area contributed by atoms with Crippen LogP contribution in [0.2, 0.25) is 0 Å². The van der Waals surface area contributed by atoms with Crippen molar-refractivity contribution < 1.29 is 14.6 Å². The second kappa shape index (κ2) is 5.79. The first-order valence-corrected chi connectivity index (χ1v) is 6.35. The molecular formula is C13H17N3O3. The van der Waals surface area contributed by atoms with Gasteiger partial charge in [0.05, 0.1) is 17.3 Å². The van der Waals surface area contributed by atoms with Crippen LogP contribution in [-0.4, -0.2) is 23.8 Å². The molecule has 1 aromatic rings. The minimum atomic E-state index is -1.52. The monoisotopic (exact) mass is 263 g/mol. The number of ether oxygens (including phenoxy) is 1. The fraction of sp³-hybridized carbons (Fsp3) is 0.462. The highest BCUT2D eigenvalue weighted by Gasteiger charge is 2.34. The molecule has 0 spiro atoms. The van der Waals surface area contributed by atoms with Crippen LogP contribution in [-0.2, 0) is 4.74 Å². The molecule has 2 rings (SSSR count). The van der Waals surface area contributed by atoms with Crippen molar-refractivity contribution in [3.63, 3.8) is 0 Å². The summed E-state index contributed by atoms with van der Waals surface area (Å²) in [5.74, 6) is -1.52. The van der Waals surface area contributed by atoms with Crippen molar-refractivity contribution in [2.75, 3.05) is 6.61 Å². The highest BCUT2D eigenvalue weighted by Crippen LogP contribution is 2.13. The number of para-hydroxylation sites is 2. The van der Waals surface area contributed by atoms with Crippen molar-refractivity contribution in [3.05, 3.63) is 35.0 Å². The van der Waals surface area contributed by atoms with Gasteiger partial charge in [0.15, 0.2) is 0 Å². The SMILES string of the molecule is CCCCCOC1(NC(=O)O)N=c2ccccc2=N1. The molecule has 6 heteroatoms. The molecule has 0 saturated heterocycles. The van der Waals surface area contributed by atoms with Gasteiger partial charge in [0.25, 0.3) is 0 Å². The largest absolute Gasteiger partial charge is 0.465 e. The summed E-state index contributed by atoms with van der Waals surface area (Å²) in [5.41, 5.74) is 0. The molecule has 0 saturated carbocycles. The van der Waals surface area contributed by atoms with Crippen molar-refractivity contribution in [1.82, 2.24) is 5.32 Å². The molecule has 1 aliphatic heterocycles. The second-order valence-electron chi connectivity index (χ2n) is 4.31. The van der Waals surface area contributed by atoms with Crippen LogP contribution in [0.3, 0.4) is 0 Å². The minimum absolute atomic E-state index is 0.412. The van der Waals surface area contributed by atoms with Crippen molar-refractivity contribution >= 4 is 6.09 Å². The zero-order valence-corrected chi connectivity index (χ0v) is 10.8. The number of rotatable bonds is 6. The number of unbranched alkanes of at least 4 members (excludes halogenated alkanes) is 2. The molecule has 0 fully saturated rings. The highest BCUT2D eigenvalue weighted by atomic mass is 16.5. The third-order valence-electron chi connectivity index (χ3n) is 2.75. The van der Waals surface area contributed by atoms with Crippen LogP contribution in [0.4, 0.5) is 4.79 Å². The van der Waals surface area contributed by atoms with Crippen LogP contribution in [0.25, 0.3) is 0 Å². The third-order valence-corrected chi connectivity index (χ3v) is 2.75. The maximum absolute atomic E-state index is 10.9. The molecule has 1 amide bonds. The average Bonchev–Trinajstić information content (AvgIpc) is 2.72. The number of nitrogens with one attached hydrogen (secondary N) is 1. The number of hydrogen-bond donors (Lipinski definition) is 2. The lowest BCUT2D eigenvalue weighted by Gasteiger charge is -2.22. The summed E-state index contributed by atoms with van der Waals surface area (Å²) < 4.78 is 5.56. The van der Waals surface area contributed by atoms with E-state index in [1.54, 1.807) is 12.1 Å². The number of benzene rings is 1. The zero-order chi connectivity index (χ0) is 13.7. The van der Waals surface area contributed by atoms with E-state index in [-0.39, 0.29) is 0 Å². The Hall–Kier alpha value is -1.95. The quantitative estimate of drug-likeness (QED) is 0.594. The van der Waals surface area contributed by atoms with Crippen molar-refractivity contribution in [2.24, 2.45) is 9.98 Å². The second-order valence-corrected chi connectivity index (χ2v) is 4.31. The van der Waals surface area contributed by atoms with Gasteiger partial charge in [-0.25, -0.2) is 14.8 Å². The first kappa shape index (κ1) is 13.5. The van der Waals surface area contributed by atoms with Gasteiger partial charge in [-0.3, -0.25) is 5.32 Å². The molecule has 0 radical (unpaired) electrons. The van der Waals surface area contributed by atoms with Crippen LogP contribution in [0.5, 0.6) is 0 Å². The van der Waals surface area contributed by atoms with Gasteiger partial charge in [-0.15, -0.1) is 0 Å². The molecule has 0 unspecified atom stereocenters. The Morgan fingerprint density at radius 2 is 1.95 bits per heavy atom. The molecule has 0 bridgehead atoms. The van der Waals surface area contributed by atoms with E-state index in [9.17, 15) is 4.79 Å². The summed E-state index contributed by atoms with van der Waals surface area (Å²) in [6.45, 7) is 2.50. The summed E-state index contributed by atoms with van der Waals surface area (Å²) in [6, 6.07) is 7.20. The van der Waals surface area contributed by atoms with Crippen LogP contribution in [0.1, 0.15) is 26.2 Å². The summed E-state index contributed by atoms with van der Waals surface area (Å²) in [4.78, 5) is 19.4. The lowest BCUT2D eigenvalue weighted by atomic mass is 10.3. The average molecular weight is 263 g/mol. The molecule has 19 heavy (non-hydrogen) atoms. The van der Waals surface area contributed by atoms with Gasteiger partial charge in [-0.2, -0.15) is 0 Å². The molecule has 102 valence electrons. The third kappa shape index (κ3) is 3.29. The van der Waals surface area contributed by atoms with Gasteiger partial charge in [0.1, 0.15) is 0 Å². The zero-order valence-electron chi connectivity index (χ0n) is 10.8. The maximum atomic E-state index is 10.9. The van der Waals surface area contributed by atoms with Crippen molar-refractivity contribution in [3.8, 4) is 0 Å². The lowest BCUT2D eigenvalue weighted by Crippen LogP contribution is -2.47. The molecule has 0 atom stereocenters. The molecule has 1 heterocycles. The number of amides is 1. The fourth-order valence-corrected chi connectivity index (χ4v) is 1.87. The first-order chi connectivity index (χ1) is 9.15. The fourth-order valence-electron chi connectivity index (χ4n) is 1.87. The van der Waals surface area contributed by atoms with Gasteiger partial charge in [0, 0.05) is 0 Å². The number of carbonyl (C=O) groups is 1. The maximum Gasteiger partial charge on any atom is 0.410 e. The van der Waals surface area contributed by atoms with Crippen LogP contribution in [0.15, 0.2) is 34.3 Å². The highest BCUT2D eigenvalue weighted by molar-refractivity contribution is 5.65. The van der Waals surface area contributed by atoms with Gasteiger partial charge < -0.3 is 9.84 Å². The Morgan fingerprint density at radius 1 is 1.32 bits per heavy atom. The normalized spacial score (nSPS) is 15.2. The van der Waals surface area contributed by atoms with E-state index in [0.29, 0.717) is 17.3 Å². The molecular weight excluding hydrogens is 246 g/mol. The Kier molecular flexibility index (Phi) is 4.11. The van der Waals surface area contributed by atoms with Gasteiger partial charge >= 0.3 is 12.1 Å². The van der Waals surface area contributed by atoms with Gasteiger partial charge in [-0.05, 0) is 18.6 Å². The van der Waals surface area contributed by atoms with Crippen molar-refractivity contribution in [2.45, 2.75) is 32.2 Å². The molecule has 1 aromatic carbocycles. The number of carboxylic acid groups (broad SMARTS) is 1. The predicted octanol–water partition coefficient (Wildman–Crippen LogP) is 1.03. The summed E-state index contributed by atoms with van der Waals surface area (Å²) in [7, 11) is 0. The van der Waals surface area contributed by atoms with Crippen LogP contribution in [0, 0.1) is 0 Å². The molecule has 6 nitrogen and oxygen atoms in total. The Balaban J connectivity index is 2.18. The molecule has 0 aromatic heterocycles. The Bertz CT molecular complexity index is 536. The van der Waals surface area contributed by atoms with E-state index in [1.807, 2.05) is 12.1 Å². The summed E-state index contributed by atoms with van der Waals surface area (Å²) in [6.07, 6.45) is 1.73. The summed E-state index contributed by atoms with van der Waals surface area (Å²) >= 11 is 0. The predicted molar refractivity (Wildman–Crippen MR) is 68.1 cm³/mol. The number of fused-ring (bicyclic) bond motifs is 1. The van der Waals surface area contributed by atoms with E-state index < -0.39 is 12.1 Å². The van der Waals surface area contributed by atoms with E-state index in [0.717, 1.165) is 19.3 Å². The Morgan fingerprint density at radius 3 is 2.47 bits per heavy atom. The number of nitrogens with zero attached hydrogens (tertiary/aromatic N) is 2. The molecule has 1 aliphatic rings. The smallest absolute Gasteiger partial charge is 0.410 e. The lowest BCUT2D eigenvalue weighted by molar-refractivity contribution is -0.0551. The van der Waals surface area contributed by atoms with Gasteiger partial charge in [0.2, 0.25) is 0 Å². The van der Waals surface area contributed by atoms with E-state index in [4.69, 9.17) is 9.84 Å². The first-order valence-electron chi connectivity index (χ1n) is 6.35. The van der Waals surface area contributed by atoms with Crippen LogP contribution >= 0.6 is 0 Å². The van der Waals surface area contributed by atoms with Gasteiger partial charge in [-0.1, -0.05) is 31.9 Å². The molecule has 2 N–H and O–H groups in total. The van der Waals surface area contributed by atoms with E-state index in [1.165, 1.54) is 0 Å².